The molecule has 166 valence electrons. The van der Waals surface area contributed by atoms with E-state index in [1.165, 1.54) is 148 Å². The highest BCUT2D eigenvalue weighted by Crippen LogP contribution is 2.11. The van der Waals surface area contributed by atoms with Crippen LogP contribution in [0.3, 0.4) is 0 Å². The van der Waals surface area contributed by atoms with Crippen LogP contribution in [0.25, 0.3) is 0 Å². The van der Waals surface area contributed by atoms with Gasteiger partial charge in [0.2, 0.25) is 0 Å². The summed E-state index contributed by atoms with van der Waals surface area (Å²) in [6.07, 6.45) is 30.6. The van der Waals surface area contributed by atoms with Crippen molar-refractivity contribution in [2.45, 2.75) is 149 Å². The van der Waals surface area contributed by atoms with Crippen LogP contribution in [0.2, 0.25) is 0 Å². The molecule has 0 unspecified atom stereocenters. The Morgan fingerprint density at radius 3 is 0.815 bits per heavy atom. The van der Waals surface area contributed by atoms with Gasteiger partial charge in [-0.15, -0.1) is 0 Å². The van der Waals surface area contributed by atoms with Gasteiger partial charge in [-0.05, 0) is 25.7 Å². The summed E-state index contributed by atoms with van der Waals surface area (Å²) in [6, 6.07) is 0. The minimum atomic E-state index is 0. The smallest absolute Gasteiger partial charge is 0.0755 e. The van der Waals surface area contributed by atoms with Gasteiger partial charge in [-0.25, -0.2) is 0 Å². The molecule has 0 aromatic carbocycles. The first kappa shape index (κ1) is 29.5. The highest BCUT2D eigenvalue weighted by atomic mass is 35.5. The first-order chi connectivity index (χ1) is 12.9. The number of halogens is 1. The maximum Gasteiger partial charge on any atom is 0.0755 e. The molecular weight excluding hydrogens is 350 g/mol. The van der Waals surface area contributed by atoms with E-state index in [0.717, 1.165) is 0 Å². The Morgan fingerprint density at radius 1 is 0.333 bits per heavy atom. The minimum Gasteiger partial charge on any atom is -1.00 e. The van der Waals surface area contributed by atoms with Crippen molar-refractivity contribution in [2.75, 3.05) is 13.1 Å². The summed E-state index contributed by atoms with van der Waals surface area (Å²) < 4.78 is 0. The predicted octanol–water partition coefficient (Wildman–Crippen LogP) is 4.79. The summed E-state index contributed by atoms with van der Waals surface area (Å²) in [5.41, 5.74) is 0. The third-order valence-corrected chi connectivity index (χ3v) is 5.77. The van der Waals surface area contributed by atoms with E-state index >= 15 is 0 Å². The Labute approximate surface area is 179 Å². The van der Waals surface area contributed by atoms with Crippen LogP contribution in [0, 0.1) is 0 Å². The number of quaternary nitrogens is 1. The van der Waals surface area contributed by atoms with Gasteiger partial charge in [0, 0.05) is 0 Å². The molecular formula is C25H54ClN. The molecule has 27 heavy (non-hydrogen) atoms. The highest BCUT2D eigenvalue weighted by Gasteiger charge is 1.96. The predicted molar refractivity (Wildman–Crippen MR) is 120 cm³/mol. The van der Waals surface area contributed by atoms with Gasteiger partial charge in [0.25, 0.3) is 0 Å². The number of hydrogen-bond acceptors (Lipinski definition) is 0. The van der Waals surface area contributed by atoms with Crippen molar-refractivity contribution in [3.63, 3.8) is 0 Å². The van der Waals surface area contributed by atoms with Crippen molar-refractivity contribution in [1.29, 1.82) is 0 Å². The highest BCUT2D eigenvalue weighted by molar-refractivity contribution is 4.48. The molecule has 0 atom stereocenters. The fourth-order valence-corrected chi connectivity index (χ4v) is 3.87. The van der Waals surface area contributed by atoms with Crippen LogP contribution in [-0.4, -0.2) is 13.1 Å². The zero-order valence-corrected chi connectivity index (χ0v) is 20.0. The average molecular weight is 404 g/mol. The molecule has 0 aliphatic rings. The van der Waals surface area contributed by atoms with Crippen molar-refractivity contribution < 1.29 is 17.7 Å². The molecule has 0 aromatic heterocycles. The number of nitrogens with two attached hydrogens (primary N) is 1. The molecule has 2 heteroatoms. The van der Waals surface area contributed by atoms with Gasteiger partial charge >= 0.3 is 0 Å². The zero-order valence-electron chi connectivity index (χ0n) is 19.2. The van der Waals surface area contributed by atoms with Gasteiger partial charge in [0.1, 0.15) is 0 Å². The van der Waals surface area contributed by atoms with Crippen molar-refractivity contribution in [3.8, 4) is 0 Å². The molecule has 2 N–H and O–H groups in total. The van der Waals surface area contributed by atoms with E-state index in [1.807, 2.05) is 0 Å². The van der Waals surface area contributed by atoms with E-state index in [2.05, 4.69) is 19.2 Å². The van der Waals surface area contributed by atoms with Crippen LogP contribution in [0.15, 0.2) is 0 Å². The van der Waals surface area contributed by atoms with E-state index in [1.54, 1.807) is 0 Å². The van der Waals surface area contributed by atoms with Crippen LogP contribution >= 0.6 is 0 Å². The molecule has 0 spiro atoms. The number of rotatable bonds is 23. The second-order valence-electron chi connectivity index (χ2n) is 8.58. The first-order valence-electron chi connectivity index (χ1n) is 12.7. The van der Waals surface area contributed by atoms with Crippen LogP contribution in [0.5, 0.6) is 0 Å². The topological polar surface area (TPSA) is 16.6 Å². The lowest BCUT2D eigenvalue weighted by Gasteiger charge is -2.04. The molecule has 0 aliphatic heterocycles. The fourth-order valence-electron chi connectivity index (χ4n) is 3.87. The third kappa shape index (κ3) is 28.6. The Kier molecular flexibility index (Phi) is 31.0. The van der Waals surface area contributed by atoms with Gasteiger partial charge in [0.15, 0.2) is 0 Å². The maximum atomic E-state index is 2.57. The lowest BCUT2D eigenvalue weighted by Crippen LogP contribution is -3.00. The molecule has 0 aliphatic carbocycles. The monoisotopic (exact) mass is 403 g/mol. The summed E-state index contributed by atoms with van der Waals surface area (Å²) in [4.78, 5) is 0. The van der Waals surface area contributed by atoms with Crippen LogP contribution in [-0.2, 0) is 0 Å². The fraction of sp³-hybridized carbons (Fsp3) is 1.00. The normalized spacial score (nSPS) is 10.9. The molecule has 0 aromatic rings. The number of unbranched alkanes of at least 4 members (excludes halogenated alkanes) is 19. The number of hydrogen-bond donors (Lipinski definition) is 1. The molecule has 0 amide bonds. The van der Waals surface area contributed by atoms with Crippen molar-refractivity contribution in [3.05, 3.63) is 0 Å². The lowest BCUT2D eigenvalue weighted by atomic mass is 10.1. The van der Waals surface area contributed by atoms with Crippen LogP contribution < -0.4 is 17.7 Å². The van der Waals surface area contributed by atoms with Crippen LogP contribution in [0.4, 0.5) is 0 Å². The second kappa shape index (κ2) is 28.5. The van der Waals surface area contributed by atoms with E-state index in [-0.39, 0.29) is 12.4 Å². The molecule has 1 nitrogen and oxygen atoms in total. The third-order valence-electron chi connectivity index (χ3n) is 5.77. The molecule has 0 saturated carbocycles. The van der Waals surface area contributed by atoms with Crippen molar-refractivity contribution in [2.24, 2.45) is 0 Å². The zero-order chi connectivity index (χ0) is 19.0. The molecule has 0 radical (unpaired) electrons. The SMILES string of the molecule is CCCCCCCCCCCCC[NH2+]CCCCCCCCCCCC.[Cl-]. The Morgan fingerprint density at radius 2 is 0.556 bits per heavy atom. The van der Waals surface area contributed by atoms with Gasteiger partial charge in [0.05, 0.1) is 13.1 Å². The van der Waals surface area contributed by atoms with Crippen molar-refractivity contribution >= 4 is 0 Å². The Bertz CT molecular complexity index is 208. The summed E-state index contributed by atoms with van der Waals surface area (Å²) in [7, 11) is 0. The Balaban J connectivity index is 0. The minimum absolute atomic E-state index is 0. The van der Waals surface area contributed by atoms with E-state index < -0.39 is 0 Å². The molecule has 0 rings (SSSR count). The quantitative estimate of drug-likeness (QED) is 0.236. The van der Waals surface area contributed by atoms with Crippen LogP contribution in [0.1, 0.15) is 149 Å². The summed E-state index contributed by atoms with van der Waals surface area (Å²) >= 11 is 0. The van der Waals surface area contributed by atoms with Gasteiger partial charge in [-0.1, -0.05) is 123 Å². The standard InChI is InChI=1S/C25H53N.ClH/c1-3-5-7-9-11-13-15-17-19-21-23-25-26-24-22-20-18-16-14-12-10-8-6-4-2;/h26H,3-25H2,1-2H3;1H. The van der Waals surface area contributed by atoms with Gasteiger partial charge in [-0.2, -0.15) is 0 Å². The molecule has 0 bridgehead atoms. The summed E-state index contributed by atoms with van der Waals surface area (Å²) in [5.74, 6) is 0. The van der Waals surface area contributed by atoms with E-state index in [0.29, 0.717) is 0 Å². The first-order valence-corrected chi connectivity index (χ1v) is 12.7. The van der Waals surface area contributed by atoms with E-state index in [4.69, 9.17) is 0 Å². The molecule has 0 fully saturated rings. The van der Waals surface area contributed by atoms with E-state index in [9.17, 15) is 0 Å². The Hall–Kier alpha value is 0.250. The molecule has 0 saturated heterocycles. The lowest BCUT2D eigenvalue weighted by molar-refractivity contribution is -0.655. The van der Waals surface area contributed by atoms with Crippen molar-refractivity contribution in [1.82, 2.24) is 0 Å². The summed E-state index contributed by atoms with van der Waals surface area (Å²) in [6.45, 7) is 7.34. The second-order valence-corrected chi connectivity index (χ2v) is 8.58. The average Bonchev–Trinajstić information content (AvgIpc) is 2.66. The molecule has 0 heterocycles. The van der Waals surface area contributed by atoms with Gasteiger partial charge in [-0.3, -0.25) is 0 Å². The maximum absolute atomic E-state index is 2.57. The summed E-state index contributed by atoms with van der Waals surface area (Å²) in [5, 5.41) is 2.57. The largest absolute Gasteiger partial charge is 1.00 e. The van der Waals surface area contributed by atoms with Gasteiger partial charge < -0.3 is 17.7 Å².